The summed E-state index contributed by atoms with van der Waals surface area (Å²) in [7, 11) is 0. The van der Waals surface area contributed by atoms with Gasteiger partial charge in [-0.15, -0.1) is 0 Å². The third-order valence-electron chi connectivity index (χ3n) is 7.91. The van der Waals surface area contributed by atoms with E-state index in [2.05, 4.69) is 10.6 Å². The molecule has 2 aliphatic carbocycles. The standard InChI is InChI=1S/C25H29N3O4/c1-14-6-2-5-9-17(14)27-22(29)19-18-12-13-25(32-18)20(19)24(31)28(16-10-11-16)21(25)23(30)26-15-7-3-4-8-15/h2,5-6,9,12-13,15-16,18-21H,3-4,7-8,10-11H2,1H3,(H,26,30)(H,27,29)/t18-,19-,20+,21+,25-/m1/s1. The van der Waals surface area contributed by atoms with Crippen LogP contribution in [-0.2, 0) is 19.1 Å². The number of anilines is 1. The number of hydrogen-bond acceptors (Lipinski definition) is 4. The van der Waals surface area contributed by atoms with Gasteiger partial charge in [0.1, 0.15) is 11.6 Å². The molecule has 6 rings (SSSR count). The molecule has 5 atom stereocenters. The molecule has 2 bridgehead atoms. The van der Waals surface area contributed by atoms with Crippen LogP contribution in [0, 0.1) is 18.8 Å². The summed E-state index contributed by atoms with van der Waals surface area (Å²) in [6.07, 6.45) is 9.26. The molecular weight excluding hydrogens is 406 g/mol. The van der Waals surface area contributed by atoms with Gasteiger partial charge in [-0.3, -0.25) is 14.4 Å². The van der Waals surface area contributed by atoms with Gasteiger partial charge in [-0.2, -0.15) is 0 Å². The summed E-state index contributed by atoms with van der Waals surface area (Å²) in [6.45, 7) is 1.94. The Balaban J connectivity index is 1.31. The van der Waals surface area contributed by atoms with Gasteiger partial charge in [0.05, 0.1) is 17.9 Å². The molecule has 0 aromatic heterocycles. The number of ether oxygens (including phenoxy) is 1. The highest BCUT2D eigenvalue weighted by atomic mass is 16.5. The maximum atomic E-state index is 13.7. The Hall–Kier alpha value is -2.67. The molecule has 2 saturated carbocycles. The SMILES string of the molecule is Cc1ccccc1NC(=O)[C@H]1[C@H]2C(=O)N(C3CC3)[C@@H](C(=O)NC3CCCC3)[C@@]23C=C[C@H]1O3. The van der Waals surface area contributed by atoms with E-state index < -0.39 is 29.6 Å². The van der Waals surface area contributed by atoms with Crippen molar-refractivity contribution < 1.29 is 19.1 Å². The Morgan fingerprint density at radius 1 is 1.09 bits per heavy atom. The van der Waals surface area contributed by atoms with Crippen LogP contribution in [0.5, 0.6) is 0 Å². The van der Waals surface area contributed by atoms with Gasteiger partial charge in [-0.1, -0.05) is 43.2 Å². The van der Waals surface area contributed by atoms with Crippen molar-refractivity contribution in [2.75, 3.05) is 5.32 Å². The summed E-state index contributed by atoms with van der Waals surface area (Å²) in [5.74, 6) is -1.78. The van der Waals surface area contributed by atoms with Crippen LogP contribution in [0.15, 0.2) is 36.4 Å². The first-order valence-electron chi connectivity index (χ1n) is 11.9. The smallest absolute Gasteiger partial charge is 0.246 e. The van der Waals surface area contributed by atoms with E-state index in [0.717, 1.165) is 49.8 Å². The topological polar surface area (TPSA) is 87.7 Å². The highest BCUT2D eigenvalue weighted by molar-refractivity contribution is 6.03. The Bertz CT molecular complexity index is 1010. The average Bonchev–Trinajstić information content (AvgIpc) is 3.12. The van der Waals surface area contributed by atoms with Gasteiger partial charge in [-0.25, -0.2) is 0 Å². The predicted molar refractivity (Wildman–Crippen MR) is 118 cm³/mol. The minimum absolute atomic E-state index is 0.0675. The van der Waals surface area contributed by atoms with Crippen LogP contribution in [0.4, 0.5) is 5.69 Å². The van der Waals surface area contributed by atoms with Gasteiger partial charge in [0.15, 0.2) is 0 Å². The van der Waals surface area contributed by atoms with Gasteiger partial charge in [-0.05, 0) is 44.2 Å². The monoisotopic (exact) mass is 435 g/mol. The quantitative estimate of drug-likeness (QED) is 0.695. The first-order chi connectivity index (χ1) is 15.5. The normalized spacial score (nSPS) is 35.4. The van der Waals surface area contributed by atoms with E-state index in [1.165, 1.54) is 0 Å². The minimum Gasteiger partial charge on any atom is -0.359 e. The molecule has 32 heavy (non-hydrogen) atoms. The van der Waals surface area contributed by atoms with Gasteiger partial charge < -0.3 is 20.3 Å². The van der Waals surface area contributed by atoms with Gasteiger partial charge in [0.2, 0.25) is 17.7 Å². The Kier molecular flexibility index (Phi) is 4.47. The molecule has 2 N–H and O–H groups in total. The second-order valence-electron chi connectivity index (χ2n) is 9.97. The fraction of sp³-hybridized carbons (Fsp3) is 0.560. The van der Waals surface area contributed by atoms with Crippen LogP contribution in [0.25, 0.3) is 0 Å². The summed E-state index contributed by atoms with van der Waals surface area (Å²) in [5.41, 5.74) is 0.639. The Labute approximate surface area is 187 Å². The van der Waals surface area contributed by atoms with E-state index in [0.29, 0.717) is 0 Å². The number of rotatable bonds is 5. The van der Waals surface area contributed by atoms with Gasteiger partial charge in [0.25, 0.3) is 0 Å². The second-order valence-corrected chi connectivity index (χ2v) is 9.97. The van der Waals surface area contributed by atoms with Crippen LogP contribution in [0.1, 0.15) is 44.1 Å². The van der Waals surface area contributed by atoms with E-state index in [1.54, 1.807) is 4.90 Å². The molecular formula is C25H29N3O4. The van der Waals surface area contributed by atoms with Crippen molar-refractivity contribution in [3.8, 4) is 0 Å². The largest absolute Gasteiger partial charge is 0.359 e. The van der Waals surface area contributed by atoms with Crippen LogP contribution in [0.2, 0.25) is 0 Å². The van der Waals surface area contributed by atoms with E-state index in [9.17, 15) is 14.4 Å². The molecule has 0 unspecified atom stereocenters. The highest BCUT2D eigenvalue weighted by Gasteiger charge is 2.74. The van der Waals surface area contributed by atoms with E-state index in [1.807, 2.05) is 43.3 Å². The zero-order valence-electron chi connectivity index (χ0n) is 18.3. The van der Waals surface area contributed by atoms with Crippen LogP contribution in [-0.4, -0.2) is 52.5 Å². The number of nitrogens with zero attached hydrogens (tertiary/aromatic N) is 1. The van der Waals surface area contributed by atoms with Crippen LogP contribution in [0.3, 0.4) is 0 Å². The van der Waals surface area contributed by atoms with E-state index in [-0.39, 0.29) is 29.8 Å². The number of aryl methyl sites for hydroxylation is 1. The van der Waals surface area contributed by atoms with Crippen molar-refractivity contribution in [2.45, 2.75) is 75.3 Å². The number of fused-ring (bicyclic) bond motifs is 1. The first kappa shape index (κ1) is 20.0. The molecule has 1 spiro atoms. The number of likely N-dealkylation sites (tertiary alicyclic amines) is 1. The minimum atomic E-state index is -1.05. The molecule has 4 fully saturated rings. The number of amides is 3. The number of para-hydroxylation sites is 1. The zero-order valence-corrected chi connectivity index (χ0v) is 18.3. The third-order valence-corrected chi connectivity index (χ3v) is 7.91. The summed E-state index contributed by atoms with van der Waals surface area (Å²) in [6, 6.07) is 7.12. The number of carbonyl (C=O) groups is 3. The number of benzene rings is 1. The third kappa shape index (κ3) is 2.86. The lowest BCUT2D eigenvalue weighted by Crippen LogP contribution is -2.56. The van der Waals surface area contributed by atoms with Crippen molar-refractivity contribution >= 4 is 23.4 Å². The number of hydrogen-bond donors (Lipinski definition) is 2. The summed E-state index contributed by atoms with van der Waals surface area (Å²) >= 11 is 0. The van der Waals surface area contributed by atoms with Crippen molar-refractivity contribution in [3.05, 3.63) is 42.0 Å². The Morgan fingerprint density at radius 2 is 1.84 bits per heavy atom. The van der Waals surface area contributed by atoms with Gasteiger partial charge >= 0.3 is 0 Å². The lowest BCUT2D eigenvalue weighted by Gasteiger charge is -2.33. The molecule has 7 nitrogen and oxygen atoms in total. The maximum absolute atomic E-state index is 13.7. The lowest BCUT2D eigenvalue weighted by molar-refractivity contribution is -0.142. The lowest BCUT2D eigenvalue weighted by atomic mass is 9.74. The number of nitrogens with one attached hydrogen (secondary N) is 2. The van der Waals surface area contributed by atoms with Crippen molar-refractivity contribution in [3.63, 3.8) is 0 Å². The summed E-state index contributed by atoms with van der Waals surface area (Å²) in [5, 5.41) is 6.19. The fourth-order valence-electron chi connectivity index (χ4n) is 6.23. The van der Waals surface area contributed by atoms with Crippen molar-refractivity contribution in [1.82, 2.24) is 10.2 Å². The molecule has 1 aromatic carbocycles. The molecule has 7 heteroatoms. The molecule has 3 heterocycles. The van der Waals surface area contributed by atoms with Crippen molar-refractivity contribution in [1.29, 1.82) is 0 Å². The molecule has 3 aliphatic heterocycles. The van der Waals surface area contributed by atoms with Crippen molar-refractivity contribution in [2.24, 2.45) is 11.8 Å². The molecule has 2 saturated heterocycles. The predicted octanol–water partition coefficient (Wildman–Crippen LogP) is 2.31. The first-order valence-corrected chi connectivity index (χ1v) is 11.9. The molecule has 0 radical (unpaired) electrons. The number of carbonyl (C=O) groups excluding carboxylic acids is 3. The van der Waals surface area contributed by atoms with Crippen LogP contribution < -0.4 is 10.6 Å². The second kappa shape index (κ2) is 7.17. The molecule has 168 valence electrons. The van der Waals surface area contributed by atoms with Crippen LogP contribution >= 0.6 is 0 Å². The zero-order chi connectivity index (χ0) is 22.0. The molecule has 1 aromatic rings. The molecule has 5 aliphatic rings. The van der Waals surface area contributed by atoms with E-state index in [4.69, 9.17) is 4.74 Å². The highest BCUT2D eigenvalue weighted by Crippen LogP contribution is 2.57. The molecule has 3 amide bonds. The average molecular weight is 436 g/mol. The maximum Gasteiger partial charge on any atom is 0.246 e. The van der Waals surface area contributed by atoms with Gasteiger partial charge in [0, 0.05) is 17.8 Å². The summed E-state index contributed by atoms with van der Waals surface area (Å²) in [4.78, 5) is 42.3. The summed E-state index contributed by atoms with van der Waals surface area (Å²) < 4.78 is 6.37. The van der Waals surface area contributed by atoms with E-state index >= 15 is 0 Å². The fourth-order valence-corrected chi connectivity index (χ4v) is 6.23. The Morgan fingerprint density at radius 3 is 2.56 bits per heavy atom.